The number of halogens is 3. The summed E-state index contributed by atoms with van der Waals surface area (Å²) < 4.78 is 38.0. The van der Waals surface area contributed by atoms with Gasteiger partial charge < -0.3 is 10.2 Å². The van der Waals surface area contributed by atoms with Gasteiger partial charge in [-0.05, 0) is 36.6 Å². The molecule has 7 heteroatoms. The number of benzene rings is 2. The molecule has 1 saturated heterocycles. The average Bonchev–Trinajstić information content (AvgIpc) is 2.70. The number of amides is 2. The molecule has 2 atom stereocenters. The molecular formula is C22H23F3N2O2. The molecule has 0 saturated carbocycles. The lowest BCUT2D eigenvalue weighted by Gasteiger charge is -2.51. The summed E-state index contributed by atoms with van der Waals surface area (Å²) >= 11 is 0. The zero-order valence-corrected chi connectivity index (χ0v) is 16.3. The molecule has 1 fully saturated rings. The zero-order chi connectivity index (χ0) is 21.2. The summed E-state index contributed by atoms with van der Waals surface area (Å²) in [6.45, 7) is 3.65. The van der Waals surface area contributed by atoms with Gasteiger partial charge in [0.2, 0.25) is 11.8 Å². The van der Waals surface area contributed by atoms with E-state index in [1.807, 2.05) is 37.3 Å². The molecule has 29 heavy (non-hydrogen) atoms. The van der Waals surface area contributed by atoms with Crippen LogP contribution in [0.15, 0.2) is 54.6 Å². The van der Waals surface area contributed by atoms with Gasteiger partial charge in [0.05, 0.1) is 18.0 Å². The Morgan fingerprint density at radius 1 is 1.10 bits per heavy atom. The highest BCUT2D eigenvalue weighted by Gasteiger charge is 2.50. The SMILES string of the molecule is CCC(C)(C(=O)NCc1ccc(C(F)(F)F)cc1)N1C(=O)CC1c1ccccc1. The van der Waals surface area contributed by atoms with E-state index in [0.29, 0.717) is 18.4 Å². The molecule has 4 nitrogen and oxygen atoms in total. The molecule has 2 aromatic carbocycles. The smallest absolute Gasteiger partial charge is 0.350 e. The van der Waals surface area contributed by atoms with Crippen LogP contribution in [0.1, 0.15) is 49.4 Å². The van der Waals surface area contributed by atoms with Crippen molar-refractivity contribution in [1.29, 1.82) is 0 Å². The molecule has 0 spiro atoms. The van der Waals surface area contributed by atoms with Gasteiger partial charge in [0.1, 0.15) is 5.54 Å². The molecule has 154 valence electrons. The number of nitrogens with zero attached hydrogens (tertiary/aromatic N) is 1. The summed E-state index contributed by atoms with van der Waals surface area (Å²) in [6.07, 6.45) is -3.63. The van der Waals surface area contributed by atoms with E-state index in [4.69, 9.17) is 0 Å². The Bertz CT molecular complexity index is 881. The molecule has 1 aliphatic heterocycles. The minimum absolute atomic E-state index is 0.0879. The number of nitrogens with one attached hydrogen (secondary N) is 1. The van der Waals surface area contributed by atoms with Crippen molar-refractivity contribution in [3.05, 3.63) is 71.3 Å². The van der Waals surface area contributed by atoms with Crippen LogP contribution in [0.3, 0.4) is 0 Å². The van der Waals surface area contributed by atoms with Gasteiger partial charge in [0, 0.05) is 6.54 Å². The van der Waals surface area contributed by atoms with Crippen molar-refractivity contribution in [2.45, 2.75) is 51.0 Å². The van der Waals surface area contributed by atoms with Crippen LogP contribution in [-0.2, 0) is 22.3 Å². The lowest BCUT2D eigenvalue weighted by Crippen LogP contribution is -2.64. The quantitative estimate of drug-likeness (QED) is 0.723. The number of β-lactam (4-membered cyclic amide) rings is 1. The van der Waals surface area contributed by atoms with E-state index in [1.54, 1.807) is 11.8 Å². The zero-order valence-electron chi connectivity index (χ0n) is 16.3. The number of likely N-dealkylation sites (tertiary alicyclic amines) is 1. The highest BCUT2D eigenvalue weighted by Crippen LogP contribution is 2.41. The summed E-state index contributed by atoms with van der Waals surface area (Å²) in [4.78, 5) is 27.0. The van der Waals surface area contributed by atoms with Gasteiger partial charge in [0.25, 0.3) is 0 Å². The molecule has 0 radical (unpaired) electrons. The monoisotopic (exact) mass is 404 g/mol. The van der Waals surface area contributed by atoms with Gasteiger partial charge >= 0.3 is 6.18 Å². The molecule has 3 rings (SSSR count). The van der Waals surface area contributed by atoms with Crippen molar-refractivity contribution in [3.63, 3.8) is 0 Å². The molecule has 2 aromatic rings. The Hall–Kier alpha value is -2.83. The largest absolute Gasteiger partial charge is 0.416 e. The fourth-order valence-corrected chi connectivity index (χ4v) is 3.60. The Labute approximate surface area is 167 Å². The molecule has 1 heterocycles. The Balaban J connectivity index is 1.71. The van der Waals surface area contributed by atoms with Crippen LogP contribution >= 0.6 is 0 Å². The number of hydrogen-bond donors (Lipinski definition) is 1. The number of rotatable bonds is 6. The lowest BCUT2D eigenvalue weighted by atomic mass is 9.83. The van der Waals surface area contributed by atoms with Crippen LogP contribution in [0.2, 0.25) is 0 Å². The van der Waals surface area contributed by atoms with Crippen molar-refractivity contribution in [1.82, 2.24) is 10.2 Å². The van der Waals surface area contributed by atoms with Gasteiger partial charge in [-0.3, -0.25) is 9.59 Å². The predicted molar refractivity (Wildman–Crippen MR) is 103 cm³/mol. The molecule has 0 aliphatic carbocycles. The summed E-state index contributed by atoms with van der Waals surface area (Å²) in [5.74, 6) is -0.415. The van der Waals surface area contributed by atoms with Gasteiger partial charge in [-0.2, -0.15) is 13.2 Å². The van der Waals surface area contributed by atoms with E-state index in [1.165, 1.54) is 12.1 Å². The third-order valence-electron chi connectivity index (χ3n) is 5.58. The Morgan fingerprint density at radius 2 is 1.72 bits per heavy atom. The Kier molecular flexibility index (Phi) is 5.68. The average molecular weight is 404 g/mol. The molecule has 0 bridgehead atoms. The third-order valence-corrected chi connectivity index (χ3v) is 5.58. The van der Waals surface area contributed by atoms with E-state index in [0.717, 1.165) is 17.7 Å². The van der Waals surface area contributed by atoms with Crippen LogP contribution in [0.25, 0.3) is 0 Å². The standard InChI is InChI=1S/C22H23F3N2O2/c1-3-21(2,27-18(13-19(27)28)16-7-5-4-6-8-16)20(29)26-14-15-9-11-17(12-10-15)22(23,24)25/h4-12,18H,3,13-14H2,1-2H3,(H,26,29). The third kappa shape index (κ3) is 4.13. The molecule has 2 amide bonds. The number of alkyl halides is 3. The lowest BCUT2D eigenvalue weighted by molar-refractivity contribution is -0.164. The second kappa shape index (κ2) is 7.89. The van der Waals surface area contributed by atoms with Crippen LogP contribution in [0.5, 0.6) is 0 Å². The van der Waals surface area contributed by atoms with E-state index in [2.05, 4.69) is 5.32 Å². The van der Waals surface area contributed by atoms with Gasteiger partial charge in [-0.15, -0.1) is 0 Å². The van der Waals surface area contributed by atoms with E-state index >= 15 is 0 Å². The predicted octanol–water partition coefficient (Wildman–Crippen LogP) is 4.46. The highest BCUT2D eigenvalue weighted by molar-refractivity contribution is 5.94. The van der Waals surface area contributed by atoms with Gasteiger partial charge in [-0.1, -0.05) is 49.4 Å². The van der Waals surface area contributed by atoms with E-state index in [-0.39, 0.29) is 24.4 Å². The van der Waals surface area contributed by atoms with Crippen molar-refractivity contribution in [2.75, 3.05) is 0 Å². The Morgan fingerprint density at radius 3 is 2.24 bits per heavy atom. The van der Waals surface area contributed by atoms with E-state index < -0.39 is 17.3 Å². The maximum atomic E-state index is 13.0. The van der Waals surface area contributed by atoms with Crippen molar-refractivity contribution < 1.29 is 22.8 Å². The number of carbonyl (C=O) groups is 2. The minimum atomic E-state index is -4.40. The summed E-state index contributed by atoms with van der Waals surface area (Å²) in [5, 5.41) is 2.78. The molecule has 2 unspecified atom stereocenters. The first kappa shape index (κ1) is 20.9. The minimum Gasteiger partial charge on any atom is -0.350 e. The molecule has 0 aromatic heterocycles. The maximum absolute atomic E-state index is 13.0. The van der Waals surface area contributed by atoms with Crippen LogP contribution < -0.4 is 5.32 Å². The molecule has 1 aliphatic rings. The first-order valence-corrected chi connectivity index (χ1v) is 9.48. The van der Waals surface area contributed by atoms with Crippen molar-refractivity contribution in [3.8, 4) is 0 Å². The highest BCUT2D eigenvalue weighted by atomic mass is 19.4. The first-order valence-electron chi connectivity index (χ1n) is 9.48. The number of hydrogen-bond acceptors (Lipinski definition) is 2. The van der Waals surface area contributed by atoms with Crippen molar-refractivity contribution >= 4 is 11.8 Å². The first-order chi connectivity index (χ1) is 13.7. The van der Waals surface area contributed by atoms with Crippen LogP contribution in [0, 0.1) is 0 Å². The van der Waals surface area contributed by atoms with Gasteiger partial charge in [-0.25, -0.2) is 0 Å². The second-order valence-corrected chi connectivity index (χ2v) is 7.40. The van der Waals surface area contributed by atoms with Crippen LogP contribution in [-0.4, -0.2) is 22.3 Å². The van der Waals surface area contributed by atoms with E-state index in [9.17, 15) is 22.8 Å². The van der Waals surface area contributed by atoms with Crippen LogP contribution in [0.4, 0.5) is 13.2 Å². The van der Waals surface area contributed by atoms with Crippen molar-refractivity contribution in [2.24, 2.45) is 0 Å². The fourth-order valence-electron chi connectivity index (χ4n) is 3.60. The summed E-state index contributed by atoms with van der Waals surface area (Å²) in [5.41, 5.74) is -0.244. The topological polar surface area (TPSA) is 49.4 Å². The fraction of sp³-hybridized carbons (Fsp3) is 0.364. The molecule has 1 N–H and O–H groups in total. The summed E-state index contributed by atoms with van der Waals surface area (Å²) in [7, 11) is 0. The summed E-state index contributed by atoms with van der Waals surface area (Å²) in [6, 6.07) is 14.0. The number of carbonyl (C=O) groups excluding carboxylic acids is 2. The molecular weight excluding hydrogens is 381 g/mol. The maximum Gasteiger partial charge on any atom is 0.416 e. The van der Waals surface area contributed by atoms with Gasteiger partial charge in [0.15, 0.2) is 0 Å². The normalized spacial score (nSPS) is 18.7. The second-order valence-electron chi connectivity index (χ2n) is 7.40.